The van der Waals surface area contributed by atoms with Crippen molar-refractivity contribution in [2.75, 3.05) is 7.11 Å². The molecular weight excluding hydrogens is 378 g/mol. The van der Waals surface area contributed by atoms with Crippen molar-refractivity contribution < 1.29 is 34.1 Å². The second-order valence-corrected chi connectivity index (χ2v) is 8.50. The van der Waals surface area contributed by atoms with Gasteiger partial charge < -0.3 is 19.7 Å². The van der Waals surface area contributed by atoms with Crippen molar-refractivity contribution in [3.8, 4) is 5.75 Å². The van der Waals surface area contributed by atoms with Crippen molar-refractivity contribution in [1.29, 1.82) is 0 Å². The fraction of sp³-hybridized carbons (Fsp3) is 0.571. The van der Waals surface area contributed by atoms with Gasteiger partial charge in [0.15, 0.2) is 5.79 Å². The van der Waals surface area contributed by atoms with E-state index < -0.39 is 47.6 Å². The fourth-order valence-corrected chi connectivity index (χ4v) is 5.37. The zero-order chi connectivity index (χ0) is 21.1. The lowest BCUT2D eigenvalue weighted by Crippen LogP contribution is -2.55. The SMILES string of the molecule is COC(=O)N1C(=O)[C@H]2[C@H](C[C@H](C(C)C)[C@@]3(O)O[C@H](c4cccc(O)c4)C[C@@H]23)C1=O. The first-order chi connectivity index (χ1) is 13.7. The van der Waals surface area contributed by atoms with Crippen LogP contribution in [0, 0.1) is 29.6 Å². The predicted molar refractivity (Wildman–Crippen MR) is 99.2 cm³/mol. The van der Waals surface area contributed by atoms with E-state index >= 15 is 0 Å². The number of fused-ring (bicyclic) bond motifs is 3. The van der Waals surface area contributed by atoms with Crippen molar-refractivity contribution in [1.82, 2.24) is 4.90 Å². The van der Waals surface area contributed by atoms with Crippen molar-refractivity contribution in [2.45, 2.75) is 38.6 Å². The highest BCUT2D eigenvalue weighted by Gasteiger charge is 2.68. The molecule has 3 aliphatic rings. The Kier molecular flexibility index (Phi) is 4.66. The van der Waals surface area contributed by atoms with E-state index in [1.54, 1.807) is 24.3 Å². The first-order valence-electron chi connectivity index (χ1n) is 9.84. The van der Waals surface area contributed by atoms with E-state index in [0.717, 1.165) is 7.11 Å². The van der Waals surface area contributed by atoms with E-state index in [2.05, 4.69) is 4.74 Å². The molecule has 156 valence electrons. The summed E-state index contributed by atoms with van der Waals surface area (Å²) >= 11 is 0. The summed E-state index contributed by atoms with van der Waals surface area (Å²) in [5.74, 6) is -5.31. The first kappa shape index (κ1) is 19.8. The third kappa shape index (κ3) is 2.85. The summed E-state index contributed by atoms with van der Waals surface area (Å²) in [6, 6.07) is 6.58. The van der Waals surface area contributed by atoms with Crippen molar-refractivity contribution in [3.63, 3.8) is 0 Å². The maximum Gasteiger partial charge on any atom is 0.423 e. The minimum absolute atomic E-state index is 0.0125. The average molecular weight is 403 g/mol. The molecule has 2 aliphatic heterocycles. The number of likely N-dealkylation sites (tertiary alicyclic amines) is 1. The molecule has 8 heteroatoms. The van der Waals surface area contributed by atoms with Gasteiger partial charge in [-0.3, -0.25) is 9.59 Å². The lowest BCUT2D eigenvalue weighted by Gasteiger charge is -2.46. The summed E-state index contributed by atoms with van der Waals surface area (Å²) in [7, 11) is 1.12. The molecule has 3 fully saturated rings. The quantitative estimate of drug-likeness (QED) is 0.728. The van der Waals surface area contributed by atoms with Gasteiger partial charge >= 0.3 is 6.09 Å². The third-order valence-electron chi connectivity index (χ3n) is 6.68. The largest absolute Gasteiger partial charge is 0.508 e. The Labute approximate surface area is 168 Å². The molecule has 1 saturated carbocycles. The van der Waals surface area contributed by atoms with Crippen LogP contribution in [0.2, 0.25) is 0 Å². The first-order valence-corrected chi connectivity index (χ1v) is 9.84. The van der Waals surface area contributed by atoms with Crippen LogP contribution in [0.5, 0.6) is 5.75 Å². The fourth-order valence-electron chi connectivity index (χ4n) is 5.37. The van der Waals surface area contributed by atoms with Gasteiger partial charge in [-0.1, -0.05) is 26.0 Å². The smallest absolute Gasteiger partial charge is 0.423 e. The molecule has 0 spiro atoms. The van der Waals surface area contributed by atoms with Crippen LogP contribution in [0.4, 0.5) is 4.79 Å². The topological polar surface area (TPSA) is 113 Å². The number of rotatable bonds is 2. The lowest BCUT2D eigenvalue weighted by molar-refractivity contribution is -0.276. The van der Waals surface area contributed by atoms with Gasteiger partial charge in [0.25, 0.3) is 0 Å². The van der Waals surface area contributed by atoms with Crippen LogP contribution in [-0.2, 0) is 19.1 Å². The van der Waals surface area contributed by atoms with Gasteiger partial charge in [-0.2, -0.15) is 4.90 Å². The van der Waals surface area contributed by atoms with Gasteiger partial charge in [0.1, 0.15) is 5.75 Å². The molecule has 4 rings (SSSR count). The number of methoxy groups -OCH3 is 1. The number of benzene rings is 1. The number of carbonyl (C=O) groups excluding carboxylic acids is 3. The number of phenolic OH excluding ortho intramolecular Hbond substituents is 1. The van der Waals surface area contributed by atoms with E-state index in [1.165, 1.54) is 0 Å². The van der Waals surface area contributed by atoms with Gasteiger partial charge in [0.2, 0.25) is 11.8 Å². The average Bonchev–Trinajstić information content (AvgIpc) is 3.15. The maximum absolute atomic E-state index is 13.0. The van der Waals surface area contributed by atoms with Gasteiger partial charge in [0.05, 0.1) is 25.0 Å². The summed E-state index contributed by atoms with van der Waals surface area (Å²) in [5.41, 5.74) is 0.688. The molecule has 1 aromatic rings. The number of aromatic hydroxyl groups is 1. The molecule has 0 radical (unpaired) electrons. The number of ether oxygens (including phenoxy) is 2. The summed E-state index contributed by atoms with van der Waals surface area (Å²) in [5, 5.41) is 21.4. The number of carbonyl (C=O) groups is 3. The van der Waals surface area contributed by atoms with Crippen LogP contribution < -0.4 is 0 Å². The molecule has 2 N–H and O–H groups in total. The van der Waals surface area contributed by atoms with Crippen LogP contribution in [0.25, 0.3) is 0 Å². The number of hydrogen-bond acceptors (Lipinski definition) is 7. The van der Waals surface area contributed by atoms with Gasteiger partial charge in [-0.05, 0) is 36.5 Å². The number of nitrogens with zero attached hydrogens (tertiary/aromatic N) is 1. The Morgan fingerprint density at radius 3 is 2.62 bits per heavy atom. The van der Waals surface area contributed by atoms with E-state index in [-0.39, 0.29) is 24.0 Å². The molecular formula is C21H25NO7. The van der Waals surface area contributed by atoms with Crippen LogP contribution >= 0.6 is 0 Å². The van der Waals surface area contributed by atoms with Crippen LogP contribution in [-0.4, -0.2) is 45.9 Å². The Morgan fingerprint density at radius 1 is 1.28 bits per heavy atom. The Balaban J connectivity index is 1.74. The maximum atomic E-state index is 13.0. The normalized spacial score (nSPS) is 36.3. The monoisotopic (exact) mass is 403 g/mol. The van der Waals surface area contributed by atoms with E-state index in [9.17, 15) is 24.6 Å². The molecule has 0 bridgehead atoms. The summed E-state index contributed by atoms with van der Waals surface area (Å²) in [4.78, 5) is 38.5. The Hall–Kier alpha value is -2.45. The summed E-state index contributed by atoms with van der Waals surface area (Å²) < 4.78 is 10.7. The number of phenols is 1. The van der Waals surface area contributed by atoms with Crippen LogP contribution in [0.15, 0.2) is 24.3 Å². The molecule has 0 unspecified atom stereocenters. The molecule has 29 heavy (non-hydrogen) atoms. The second kappa shape index (κ2) is 6.81. The highest BCUT2D eigenvalue weighted by Crippen LogP contribution is 2.59. The van der Waals surface area contributed by atoms with E-state index in [4.69, 9.17) is 4.74 Å². The molecule has 0 aromatic heterocycles. The van der Waals surface area contributed by atoms with Crippen molar-refractivity contribution in [2.24, 2.45) is 29.6 Å². The zero-order valence-electron chi connectivity index (χ0n) is 16.6. The minimum atomic E-state index is -1.60. The minimum Gasteiger partial charge on any atom is -0.508 e. The molecule has 1 aliphatic carbocycles. The number of hydrogen-bond donors (Lipinski definition) is 2. The van der Waals surface area contributed by atoms with Gasteiger partial charge in [0, 0.05) is 11.8 Å². The second-order valence-electron chi connectivity index (χ2n) is 8.50. The summed E-state index contributed by atoms with van der Waals surface area (Å²) in [6.45, 7) is 3.87. The summed E-state index contributed by atoms with van der Waals surface area (Å²) in [6.07, 6.45) is -0.979. The predicted octanol–water partition coefficient (Wildman–Crippen LogP) is 2.20. The Bertz CT molecular complexity index is 868. The Morgan fingerprint density at radius 2 is 2.00 bits per heavy atom. The standard InChI is InChI=1S/C21H25NO7/c1-10(2)14-8-13-17(19(25)22(18(13)24)20(26)28-3)15-9-16(29-21(14,15)27)11-5-4-6-12(23)7-11/h4-7,10,13-17,23,27H,8-9H2,1-3H3/t13-,14+,15-,16-,17-,21+/m0/s1. The number of amides is 3. The van der Waals surface area contributed by atoms with Crippen molar-refractivity contribution >= 4 is 17.9 Å². The zero-order valence-corrected chi connectivity index (χ0v) is 16.6. The molecule has 6 atom stereocenters. The van der Waals surface area contributed by atoms with E-state index in [0.29, 0.717) is 16.9 Å². The van der Waals surface area contributed by atoms with Gasteiger partial charge in [-0.15, -0.1) is 0 Å². The molecule has 8 nitrogen and oxygen atoms in total. The van der Waals surface area contributed by atoms with Crippen molar-refractivity contribution in [3.05, 3.63) is 29.8 Å². The lowest BCUT2D eigenvalue weighted by atomic mass is 9.62. The number of imide groups is 3. The highest BCUT2D eigenvalue weighted by atomic mass is 16.6. The highest BCUT2D eigenvalue weighted by molar-refractivity contribution is 6.15. The molecule has 2 heterocycles. The van der Waals surface area contributed by atoms with Gasteiger partial charge in [-0.25, -0.2) is 4.79 Å². The molecule has 1 aromatic carbocycles. The van der Waals surface area contributed by atoms with E-state index in [1.807, 2.05) is 13.8 Å². The third-order valence-corrected chi connectivity index (χ3v) is 6.68. The van der Waals surface area contributed by atoms with Crippen LogP contribution in [0.1, 0.15) is 38.4 Å². The van der Waals surface area contributed by atoms with Crippen LogP contribution in [0.3, 0.4) is 0 Å². The number of aliphatic hydroxyl groups is 1. The molecule has 2 saturated heterocycles. The molecule has 3 amide bonds.